The molecule has 1 aliphatic rings. The maximum absolute atomic E-state index is 13.5. The first kappa shape index (κ1) is 13.2. The molecule has 3 rings (SSSR count). The van der Waals surface area contributed by atoms with Crippen LogP contribution in [0.4, 0.5) is 10.1 Å². The van der Waals surface area contributed by atoms with E-state index in [-0.39, 0.29) is 5.82 Å². The van der Waals surface area contributed by atoms with E-state index in [4.69, 9.17) is 0 Å². The van der Waals surface area contributed by atoms with Gasteiger partial charge in [0.15, 0.2) is 0 Å². The molecule has 1 aromatic heterocycles. The van der Waals surface area contributed by atoms with Gasteiger partial charge < -0.3 is 5.32 Å². The number of halogens is 1. The monoisotopic (exact) mass is 273 g/mol. The fourth-order valence-electron chi connectivity index (χ4n) is 2.83. The lowest BCUT2D eigenvalue weighted by Crippen LogP contribution is -2.07. The molecule has 2 aromatic rings. The van der Waals surface area contributed by atoms with Crippen molar-refractivity contribution in [2.45, 2.75) is 45.2 Å². The Kier molecular flexibility index (Phi) is 3.72. The zero-order valence-electron chi connectivity index (χ0n) is 11.8. The van der Waals surface area contributed by atoms with Crippen LogP contribution in [-0.2, 0) is 6.54 Å². The molecule has 0 atom stereocenters. The highest BCUT2D eigenvalue weighted by molar-refractivity contribution is 5.51. The molecule has 1 heterocycles. The number of hydrogen-bond donors (Lipinski definition) is 1. The summed E-state index contributed by atoms with van der Waals surface area (Å²) in [5.41, 5.74) is 2.49. The van der Waals surface area contributed by atoms with Gasteiger partial charge in [0.05, 0.1) is 18.3 Å². The van der Waals surface area contributed by atoms with Gasteiger partial charge in [-0.05, 0) is 38.0 Å². The number of benzene rings is 1. The molecule has 0 amide bonds. The zero-order valence-corrected chi connectivity index (χ0v) is 11.8. The number of hydrogen-bond acceptors (Lipinski definition) is 2. The van der Waals surface area contributed by atoms with Crippen LogP contribution >= 0.6 is 0 Å². The van der Waals surface area contributed by atoms with Gasteiger partial charge in [0.1, 0.15) is 5.82 Å². The Morgan fingerprint density at radius 1 is 1.30 bits per heavy atom. The molecule has 0 unspecified atom stereocenters. The number of nitrogens with zero attached hydrogens (tertiary/aromatic N) is 2. The largest absolute Gasteiger partial charge is 0.379 e. The van der Waals surface area contributed by atoms with Crippen molar-refractivity contribution in [3.63, 3.8) is 0 Å². The van der Waals surface area contributed by atoms with Crippen LogP contribution in [-0.4, -0.2) is 9.78 Å². The third kappa shape index (κ3) is 2.69. The van der Waals surface area contributed by atoms with Crippen LogP contribution in [0.5, 0.6) is 0 Å². The van der Waals surface area contributed by atoms with Crippen LogP contribution < -0.4 is 5.32 Å². The molecule has 3 nitrogen and oxygen atoms in total. The molecule has 0 bridgehead atoms. The zero-order chi connectivity index (χ0) is 13.9. The van der Waals surface area contributed by atoms with Crippen molar-refractivity contribution in [3.05, 3.63) is 47.5 Å². The second-order valence-electron chi connectivity index (χ2n) is 5.49. The Labute approximate surface area is 118 Å². The normalized spacial score (nSPS) is 15.7. The van der Waals surface area contributed by atoms with E-state index in [1.54, 1.807) is 13.0 Å². The molecule has 20 heavy (non-hydrogen) atoms. The van der Waals surface area contributed by atoms with E-state index in [1.807, 2.05) is 12.1 Å². The Morgan fingerprint density at radius 3 is 2.90 bits per heavy atom. The predicted octanol–water partition coefficient (Wildman–Crippen LogP) is 4.06. The molecular formula is C16H20FN3. The third-order valence-corrected chi connectivity index (χ3v) is 4.09. The van der Waals surface area contributed by atoms with Crippen LogP contribution in [0.1, 0.15) is 43.0 Å². The lowest BCUT2D eigenvalue weighted by atomic mass is 10.2. The van der Waals surface area contributed by atoms with Crippen molar-refractivity contribution in [2.75, 3.05) is 5.32 Å². The Balaban J connectivity index is 1.65. The van der Waals surface area contributed by atoms with E-state index in [1.165, 1.54) is 31.7 Å². The maximum atomic E-state index is 13.5. The topological polar surface area (TPSA) is 29.9 Å². The van der Waals surface area contributed by atoms with Crippen LogP contribution in [0.2, 0.25) is 0 Å². The van der Waals surface area contributed by atoms with Gasteiger partial charge in [0.2, 0.25) is 0 Å². The Bertz CT molecular complexity index is 585. The summed E-state index contributed by atoms with van der Waals surface area (Å²) >= 11 is 0. The molecule has 1 fully saturated rings. The van der Waals surface area contributed by atoms with E-state index in [0.29, 0.717) is 18.2 Å². The van der Waals surface area contributed by atoms with Gasteiger partial charge in [-0.3, -0.25) is 4.68 Å². The van der Waals surface area contributed by atoms with Crippen LogP contribution in [0.25, 0.3) is 0 Å². The van der Waals surface area contributed by atoms with Gasteiger partial charge >= 0.3 is 0 Å². The van der Waals surface area contributed by atoms with E-state index >= 15 is 0 Å². The standard InChI is InChI=1S/C16H20FN3/c1-12-15(17)7-4-8-16(12)18-11-13-9-10-20(19-13)14-5-2-3-6-14/h4,7-10,14,18H,2-3,5-6,11H2,1H3. The van der Waals surface area contributed by atoms with Crippen molar-refractivity contribution in [1.29, 1.82) is 0 Å². The summed E-state index contributed by atoms with van der Waals surface area (Å²) in [4.78, 5) is 0. The molecule has 1 aliphatic carbocycles. The molecule has 0 saturated heterocycles. The summed E-state index contributed by atoms with van der Waals surface area (Å²) in [6.45, 7) is 2.42. The lowest BCUT2D eigenvalue weighted by Gasteiger charge is -2.10. The second-order valence-corrected chi connectivity index (χ2v) is 5.49. The van der Waals surface area contributed by atoms with Gasteiger partial charge in [-0.25, -0.2) is 4.39 Å². The van der Waals surface area contributed by atoms with Gasteiger partial charge in [0.25, 0.3) is 0 Å². The number of aromatic nitrogens is 2. The first-order chi connectivity index (χ1) is 9.74. The maximum Gasteiger partial charge on any atom is 0.128 e. The summed E-state index contributed by atoms with van der Waals surface area (Å²) in [5.74, 6) is -0.175. The molecule has 0 aliphatic heterocycles. The average molecular weight is 273 g/mol. The molecule has 0 spiro atoms. The fraction of sp³-hybridized carbons (Fsp3) is 0.438. The molecule has 1 aromatic carbocycles. The van der Waals surface area contributed by atoms with Gasteiger partial charge in [-0.15, -0.1) is 0 Å². The van der Waals surface area contributed by atoms with E-state index in [0.717, 1.165) is 11.4 Å². The predicted molar refractivity (Wildman–Crippen MR) is 78.2 cm³/mol. The highest BCUT2D eigenvalue weighted by atomic mass is 19.1. The van der Waals surface area contributed by atoms with Crippen LogP contribution in [0.15, 0.2) is 30.5 Å². The van der Waals surface area contributed by atoms with Gasteiger partial charge in [-0.1, -0.05) is 18.9 Å². The minimum atomic E-state index is -0.175. The van der Waals surface area contributed by atoms with Gasteiger partial charge in [-0.2, -0.15) is 5.10 Å². The molecule has 106 valence electrons. The first-order valence-electron chi connectivity index (χ1n) is 7.27. The summed E-state index contributed by atoms with van der Waals surface area (Å²) in [5, 5.41) is 7.88. The molecule has 4 heteroatoms. The lowest BCUT2D eigenvalue weighted by molar-refractivity contribution is 0.463. The van der Waals surface area contributed by atoms with Gasteiger partial charge in [0, 0.05) is 17.4 Å². The van der Waals surface area contributed by atoms with E-state index in [9.17, 15) is 4.39 Å². The van der Waals surface area contributed by atoms with Crippen molar-refractivity contribution in [2.24, 2.45) is 0 Å². The van der Waals surface area contributed by atoms with Crippen LogP contribution in [0, 0.1) is 12.7 Å². The van der Waals surface area contributed by atoms with E-state index < -0.39 is 0 Å². The quantitative estimate of drug-likeness (QED) is 0.910. The second kappa shape index (κ2) is 5.65. The number of rotatable bonds is 4. The third-order valence-electron chi connectivity index (χ3n) is 4.09. The summed E-state index contributed by atoms with van der Waals surface area (Å²) in [6, 6.07) is 7.71. The van der Waals surface area contributed by atoms with Crippen molar-refractivity contribution < 1.29 is 4.39 Å². The SMILES string of the molecule is Cc1c(F)cccc1NCc1ccn(C2CCCC2)n1. The minimum Gasteiger partial charge on any atom is -0.379 e. The molecule has 1 N–H and O–H groups in total. The molecular weight excluding hydrogens is 253 g/mol. The summed E-state index contributed by atoms with van der Waals surface area (Å²) in [7, 11) is 0. The smallest absolute Gasteiger partial charge is 0.128 e. The molecule has 1 saturated carbocycles. The number of anilines is 1. The Hall–Kier alpha value is -1.84. The number of nitrogens with one attached hydrogen (secondary N) is 1. The Morgan fingerprint density at radius 2 is 2.10 bits per heavy atom. The first-order valence-corrected chi connectivity index (χ1v) is 7.27. The minimum absolute atomic E-state index is 0.175. The fourth-order valence-corrected chi connectivity index (χ4v) is 2.83. The van der Waals surface area contributed by atoms with E-state index in [2.05, 4.69) is 21.3 Å². The van der Waals surface area contributed by atoms with Crippen molar-refractivity contribution in [1.82, 2.24) is 9.78 Å². The van der Waals surface area contributed by atoms with Crippen molar-refractivity contribution in [3.8, 4) is 0 Å². The molecule has 0 radical (unpaired) electrons. The summed E-state index contributed by atoms with van der Waals surface area (Å²) in [6.07, 6.45) is 7.14. The van der Waals surface area contributed by atoms with Crippen molar-refractivity contribution >= 4 is 5.69 Å². The highest BCUT2D eigenvalue weighted by Crippen LogP contribution is 2.28. The average Bonchev–Trinajstić information content (AvgIpc) is 3.10. The summed E-state index contributed by atoms with van der Waals surface area (Å²) < 4.78 is 15.5. The van der Waals surface area contributed by atoms with Crippen LogP contribution in [0.3, 0.4) is 0 Å². The highest BCUT2D eigenvalue weighted by Gasteiger charge is 2.17.